The summed E-state index contributed by atoms with van der Waals surface area (Å²) in [5, 5.41) is 14.1. The zero-order chi connectivity index (χ0) is 14.0. The SMILES string of the molecule is Cc1cc(CNc2ccccc2[N+](=O)[O-])c(C)n1C. The second kappa shape index (κ2) is 5.14. The van der Waals surface area contributed by atoms with Crippen LogP contribution in [0.2, 0.25) is 0 Å². The number of hydrogen-bond donors (Lipinski definition) is 1. The predicted octanol–water partition coefficient (Wildman–Crippen LogP) is 3.16. The van der Waals surface area contributed by atoms with Crippen molar-refractivity contribution >= 4 is 11.4 Å². The fourth-order valence-electron chi connectivity index (χ4n) is 2.09. The first-order chi connectivity index (χ1) is 9.00. The molecule has 2 aromatic rings. The summed E-state index contributed by atoms with van der Waals surface area (Å²) >= 11 is 0. The molecule has 100 valence electrons. The highest BCUT2D eigenvalue weighted by atomic mass is 16.6. The Labute approximate surface area is 112 Å². The van der Waals surface area contributed by atoms with Gasteiger partial charge in [-0.2, -0.15) is 0 Å². The van der Waals surface area contributed by atoms with E-state index in [-0.39, 0.29) is 10.6 Å². The lowest BCUT2D eigenvalue weighted by molar-refractivity contribution is -0.384. The van der Waals surface area contributed by atoms with E-state index in [1.165, 1.54) is 17.5 Å². The molecule has 0 spiro atoms. The lowest BCUT2D eigenvalue weighted by Crippen LogP contribution is -2.03. The minimum atomic E-state index is -0.370. The van der Waals surface area contributed by atoms with E-state index in [9.17, 15) is 10.1 Å². The molecule has 2 rings (SSSR count). The van der Waals surface area contributed by atoms with Crippen molar-refractivity contribution in [2.45, 2.75) is 20.4 Å². The van der Waals surface area contributed by atoms with Gasteiger partial charge in [-0.3, -0.25) is 10.1 Å². The first-order valence-electron chi connectivity index (χ1n) is 6.09. The van der Waals surface area contributed by atoms with Crippen molar-refractivity contribution in [1.29, 1.82) is 0 Å². The molecule has 0 aliphatic carbocycles. The molecule has 1 aromatic carbocycles. The van der Waals surface area contributed by atoms with Crippen molar-refractivity contribution < 1.29 is 4.92 Å². The van der Waals surface area contributed by atoms with Crippen molar-refractivity contribution in [3.8, 4) is 0 Å². The van der Waals surface area contributed by atoms with Crippen LogP contribution in [-0.2, 0) is 13.6 Å². The van der Waals surface area contributed by atoms with E-state index in [2.05, 4.69) is 16.0 Å². The van der Waals surface area contributed by atoms with Gasteiger partial charge in [0.1, 0.15) is 5.69 Å². The fraction of sp³-hybridized carbons (Fsp3) is 0.286. The van der Waals surface area contributed by atoms with Crippen LogP contribution in [0, 0.1) is 24.0 Å². The molecular weight excluding hydrogens is 242 g/mol. The third-order valence-corrected chi connectivity index (χ3v) is 3.45. The second-order valence-corrected chi connectivity index (χ2v) is 4.58. The van der Waals surface area contributed by atoms with Crippen molar-refractivity contribution in [2.75, 3.05) is 5.32 Å². The molecule has 0 atom stereocenters. The van der Waals surface area contributed by atoms with Gasteiger partial charge in [0.2, 0.25) is 0 Å². The van der Waals surface area contributed by atoms with Gasteiger partial charge < -0.3 is 9.88 Å². The Morgan fingerprint density at radius 1 is 1.32 bits per heavy atom. The van der Waals surface area contributed by atoms with Crippen molar-refractivity contribution in [1.82, 2.24) is 4.57 Å². The Kier molecular flexibility index (Phi) is 3.55. The number of nitrogens with one attached hydrogen (secondary N) is 1. The second-order valence-electron chi connectivity index (χ2n) is 4.58. The summed E-state index contributed by atoms with van der Waals surface area (Å²) in [6, 6.07) is 8.78. The number of para-hydroxylation sites is 2. The molecule has 0 saturated heterocycles. The number of nitro groups is 1. The van der Waals surface area contributed by atoms with Crippen molar-refractivity contribution in [2.24, 2.45) is 7.05 Å². The predicted molar refractivity (Wildman–Crippen MR) is 75.3 cm³/mol. The normalized spacial score (nSPS) is 10.5. The van der Waals surface area contributed by atoms with Gasteiger partial charge in [-0.25, -0.2) is 0 Å². The topological polar surface area (TPSA) is 60.1 Å². The van der Waals surface area contributed by atoms with E-state index in [1.807, 2.05) is 20.9 Å². The molecule has 5 heteroatoms. The van der Waals surface area contributed by atoms with Crippen molar-refractivity contribution in [3.05, 3.63) is 57.4 Å². The van der Waals surface area contributed by atoms with Crippen LogP contribution >= 0.6 is 0 Å². The van der Waals surface area contributed by atoms with E-state index in [0.29, 0.717) is 12.2 Å². The summed E-state index contributed by atoms with van der Waals surface area (Å²) in [6.45, 7) is 4.67. The van der Waals surface area contributed by atoms with E-state index in [0.717, 1.165) is 5.56 Å². The molecule has 1 aromatic heterocycles. The molecule has 19 heavy (non-hydrogen) atoms. The Balaban J connectivity index is 2.19. The van der Waals surface area contributed by atoms with Gasteiger partial charge >= 0.3 is 0 Å². The third-order valence-electron chi connectivity index (χ3n) is 3.45. The summed E-state index contributed by atoms with van der Waals surface area (Å²) in [5.74, 6) is 0. The number of aromatic nitrogens is 1. The first kappa shape index (κ1) is 13.1. The molecule has 0 aliphatic rings. The van der Waals surface area contributed by atoms with E-state index in [1.54, 1.807) is 18.2 Å². The third kappa shape index (κ3) is 2.59. The monoisotopic (exact) mass is 259 g/mol. The maximum atomic E-state index is 10.9. The first-order valence-corrected chi connectivity index (χ1v) is 6.09. The summed E-state index contributed by atoms with van der Waals surface area (Å²) in [4.78, 5) is 10.6. The van der Waals surface area contributed by atoms with E-state index < -0.39 is 0 Å². The van der Waals surface area contributed by atoms with Gasteiger partial charge in [0, 0.05) is 31.0 Å². The van der Waals surface area contributed by atoms with Gasteiger partial charge in [-0.1, -0.05) is 12.1 Å². The highest BCUT2D eigenvalue weighted by Gasteiger charge is 2.13. The molecule has 0 unspecified atom stereocenters. The standard InChI is InChI=1S/C14H17N3O2/c1-10-8-12(11(2)16(10)3)9-15-13-6-4-5-7-14(13)17(18)19/h4-8,15H,9H2,1-3H3. The van der Waals surface area contributed by atoms with Crippen LogP contribution in [0.5, 0.6) is 0 Å². The van der Waals surface area contributed by atoms with Gasteiger partial charge in [0.05, 0.1) is 4.92 Å². The zero-order valence-corrected chi connectivity index (χ0v) is 11.3. The molecule has 1 heterocycles. The molecule has 0 radical (unpaired) electrons. The Hall–Kier alpha value is -2.30. The van der Waals surface area contributed by atoms with Crippen LogP contribution in [-0.4, -0.2) is 9.49 Å². The molecule has 0 fully saturated rings. The van der Waals surface area contributed by atoms with Crippen LogP contribution in [0.15, 0.2) is 30.3 Å². The smallest absolute Gasteiger partial charge is 0.292 e. The largest absolute Gasteiger partial charge is 0.375 e. The molecule has 0 saturated carbocycles. The average molecular weight is 259 g/mol. The van der Waals surface area contributed by atoms with Gasteiger partial charge in [-0.05, 0) is 31.5 Å². The summed E-state index contributed by atoms with van der Waals surface area (Å²) in [7, 11) is 2.01. The van der Waals surface area contributed by atoms with Crippen LogP contribution < -0.4 is 5.32 Å². The van der Waals surface area contributed by atoms with Gasteiger partial charge in [-0.15, -0.1) is 0 Å². The summed E-state index contributed by atoms with van der Waals surface area (Å²) in [6.07, 6.45) is 0. The maximum Gasteiger partial charge on any atom is 0.292 e. The van der Waals surface area contributed by atoms with E-state index in [4.69, 9.17) is 0 Å². The number of nitrogens with zero attached hydrogens (tertiary/aromatic N) is 2. The number of nitro benzene ring substituents is 1. The van der Waals surface area contributed by atoms with Crippen LogP contribution in [0.1, 0.15) is 17.0 Å². The maximum absolute atomic E-state index is 10.9. The average Bonchev–Trinajstić information content (AvgIpc) is 2.64. The van der Waals surface area contributed by atoms with Crippen molar-refractivity contribution in [3.63, 3.8) is 0 Å². The minimum Gasteiger partial charge on any atom is -0.375 e. The molecule has 0 bridgehead atoms. The molecule has 0 aliphatic heterocycles. The Morgan fingerprint density at radius 2 is 2.00 bits per heavy atom. The number of aryl methyl sites for hydroxylation is 1. The van der Waals surface area contributed by atoms with Gasteiger partial charge in [0.25, 0.3) is 5.69 Å². The van der Waals surface area contributed by atoms with Crippen LogP contribution in [0.3, 0.4) is 0 Å². The highest BCUT2D eigenvalue weighted by molar-refractivity contribution is 5.61. The number of rotatable bonds is 4. The number of benzene rings is 1. The lowest BCUT2D eigenvalue weighted by atomic mass is 10.2. The van der Waals surface area contributed by atoms with Crippen LogP contribution in [0.4, 0.5) is 11.4 Å². The lowest BCUT2D eigenvalue weighted by Gasteiger charge is -2.07. The molecule has 1 N–H and O–H groups in total. The number of anilines is 1. The fourth-order valence-corrected chi connectivity index (χ4v) is 2.09. The van der Waals surface area contributed by atoms with E-state index >= 15 is 0 Å². The summed E-state index contributed by atoms with van der Waals surface area (Å²) < 4.78 is 2.11. The Bertz CT molecular complexity index is 617. The molecule has 0 amide bonds. The zero-order valence-electron chi connectivity index (χ0n) is 11.3. The quantitative estimate of drug-likeness (QED) is 0.677. The van der Waals surface area contributed by atoms with Gasteiger partial charge in [0.15, 0.2) is 0 Å². The molecular formula is C14H17N3O2. The molecule has 5 nitrogen and oxygen atoms in total. The summed E-state index contributed by atoms with van der Waals surface area (Å²) in [5.41, 5.74) is 4.15. The highest BCUT2D eigenvalue weighted by Crippen LogP contribution is 2.24. The van der Waals surface area contributed by atoms with Crippen LogP contribution in [0.25, 0.3) is 0 Å². The number of hydrogen-bond acceptors (Lipinski definition) is 3. The Morgan fingerprint density at radius 3 is 2.58 bits per heavy atom. The minimum absolute atomic E-state index is 0.104.